The second-order valence-corrected chi connectivity index (χ2v) is 8.73. The number of fused-ring (bicyclic) bond motifs is 2. The van der Waals surface area contributed by atoms with E-state index in [0.717, 1.165) is 53.8 Å². The van der Waals surface area contributed by atoms with Gasteiger partial charge in [-0.15, -0.1) is 0 Å². The van der Waals surface area contributed by atoms with Crippen LogP contribution in [0.2, 0.25) is 0 Å². The van der Waals surface area contributed by atoms with Crippen molar-refractivity contribution in [1.29, 1.82) is 0 Å². The molecule has 0 radical (unpaired) electrons. The minimum Gasteiger partial charge on any atom is -0.355 e. The van der Waals surface area contributed by atoms with E-state index in [1.165, 1.54) is 0 Å². The van der Waals surface area contributed by atoms with Gasteiger partial charge in [-0.1, -0.05) is 50.2 Å². The largest absolute Gasteiger partial charge is 0.355 e. The maximum atomic E-state index is 13.4. The van der Waals surface area contributed by atoms with Crippen LogP contribution in [0.5, 0.6) is 0 Å². The molecular formula is C27H34N4O2. The molecule has 0 fully saturated rings. The number of rotatable bonds is 9. The number of benzene rings is 2. The summed E-state index contributed by atoms with van der Waals surface area (Å²) in [6, 6.07) is 15.7. The Morgan fingerprint density at radius 1 is 1.06 bits per heavy atom. The molecule has 4 rings (SSSR count). The van der Waals surface area contributed by atoms with Gasteiger partial charge < -0.3 is 19.7 Å². The second-order valence-electron chi connectivity index (χ2n) is 8.73. The molecule has 174 valence electrons. The first kappa shape index (κ1) is 23.1. The molecule has 1 aromatic heterocycles. The average molecular weight is 447 g/mol. The highest BCUT2D eigenvalue weighted by Gasteiger charge is 2.40. The maximum absolute atomic E-state index is 13.4. The van der Waals surface area contributed by atoms with Crippen LogP contribution in [0.1, 0.15) is 53.5 Å². The monoisotopic (exact) mass is 446 g/mol. The zero-order valence-electron chi connectivity index (χ0n) is 20.1. The molecule has 0 aliphatic carbocycles. The van der Waals surface area contributed by atoms with E-state index in [0.29, 0.717) is 12.1 Å². The number of carbonyl (C=O) groups excluding carboxylic acids is 2. The molecule has 2 heterocycles. The lowest BCUT2D eigenvalue weighted by molar-refractivity contribution is -0.122. The molecule has 1 atom stereocenters. The molecule has 2 aromatic carbocycles. The summed E-state index contributed by atoms with van der Waals surface area (Å²) in [5.41, 5.74) is 4.99. The van der Waals surface area contributed by atoms with E-state index in [1.54, 1.807) is 4.90 Å². The van der Waals surface area contributed by atoms with Gasteiger partial charge >= 0.3 is 0 Å². The van der Waals surface area contributed by atoms with E-state index in [4.69, 9.17) is 0 Å². The fourth-order valence-electron chi connectivity index (χ4n) is 5.02. The Morgan fingerprint density at radius 2 is 1.76 bits per heavy atom. The Morgan fingerprint density at radius 3 is 2.52 bits per heavy atom. The SMILES string of the molecule is CCN(CC)CCCNC(=O)CN1C(=O)c2ccccc2[C@@H]1c1c(C)n(C)c2ccccc12. The number of nitrogens with one attached hydrogen (secondary N) is 1. The van der Waals surface area contributed by atoms with E-state index in [2.05, 4.69) is 54.7 Å². The Bertz CT molecular complexity index is 1160. The molecule has 0 saturated heterocycles. The second kappa shape index (κ2) is 9.79. The smallest absolute Gasteiger partial charge is 0.255 e. The summed E-state index contributed by atoms with van der Waals surface area (Å²) in [7, 11) is 2.05. The van der Waals surface area contributed by atoms with E-state index in [-0.39, 0.29) is 24.4 Å². The third-order valence-electron chi connectivity index (χ3n) is 6.96. The molecule has 0 spiro atoms. The van der Waals surface area contributed by atoms with Crippen molar-refractivity contribution in [3.63, 3.8) is 0 Å². The standard InChI is InChI=1S/C27H34N4O2/c1-5-30(6-2)17-11-16-28-24(32)18-31-26(20-12-7-8-13-21(20)27(31)33)25-19(3)29(4)23-15-10-9-14-22(23)25/h7-10,12-15,26H,5-6,11,16-18H2,1-4H3,(H,28,32)/t26-/m1/s1. The predicted molar refractivity (Wildman–Crippen MR) is 132 cm³/mol. The number of para-hydroxylation sites is 1. The van der Waals surface area contributed by atoms with E-state index in [1.807, 2.05) is 36.4 Å². The van der Waals surface area contributed by atoms with Crippen LogP contribution in [0.4, 0.5) is 0 Å². The number of carbonyl (C=O) groups is 2. The normalized spacial score (nSPS) is 15.5. The summed E-state index contributed by atoms with van der Waals surface area (Å²) in [5.74, 6) is -0.195. The first-order chi connectivity index (χ1) is 16.0. The Kier molecular flexibility index (Phi) is 6.84. The highest BCUT2D eigenvalue weighted by atomic mass is 16.2. The van der Waals surface area contributed by atoms with Crippen LogP contribution in [0.3, 0.4) is 0 Å². The lowest BCUT2D eigenvalue weighted by atomic mass is 9.95. The van der Waals surface area contributed by atoms with Crippen LogP contribution >= 0.6 is 0 Å². The van der Waals surface area contributed by atoms with E-state index in [9.17, 15) is 9.59 Å². The fourth-order valence-corrected chi connectivity index (χ4v) is 5.02. The van der Waals surface area contributed by atoms with Gasteiger partial charge in [0.1, 0.15) is 6.54 Å². The lowest BCUT2D eigenvalue weighted by Gasteiger charge is -2.26. The third-order valence-corrected chi connectivity index (χ3v) is 6.96. The van der Waals surface area contributed by atoms with Gasteiger partial charge in [-0.05, 0) is 50.7 Å². The number of hydrogen-bond acceptors (Lipinski definition) is 3. The zero-order valence-corrected chi connectivity index (χ0v) is 20.1. The van der Waals surface area contributed by atoms with Crippen LogP contribution in [-0.4, -0.2) is 58.9 Å². The summed E-state index contributed by atoms with van der Waals surface area (Å²) < 4.78 is 2.17. The Labute approximate surface area is 196 Å². The molecule has 1 aliphatic heterocycles. The van der Waals surface area contributed by atoms with Crippen molar-refractivity contribution >= 4 is 22.7 Å². The number of nitrogens with zero attached hydrogens (tertiary/aromatic N) is 3. The molecule has 0 saturated carbocycles. The number of aromatic nitrogens is 1. The van der Waals surface area contributed by atoms with Gasteiger partial charge in [0.25, 0.3) is 5.91 Å². The molecule has 33 heavy (non-hydrogen) atoms. The summed E-state index contributed by atoms with van der Waals surface area (Å²) in [6.07, 6.45) is 0.896. The van der Waals surface area contributed by atoms with Crippen LogP contribution in [0, 0.1) is 6.92 Å². The average Bonchev–Trinajstić information content (AvgIpc) is 3.24. The molecule has 1 N–H and O–H groups in total. The summed E-state index contributed by atoms with van der Waals surface area (Å²) in [6.45, 7) is 10.0. The summed E-state index contributed by atoms with van der Waals surface area (Å²) in [4.78, 5) is 30.4. The van der Waals surface area contributed by atoms with Crippen molar-refractivity contribution in [1.82, 2.24) is 19.7 Å². The van der Waals surface area contributed by atoms with Gasteiger partial charge in [0.05, 0.1) is 6.04 Å². The van der Waals surface area contributed by atoms with Crippen molar-refractivity contribution in [3.05, 3.63) is 70.9 Å². The first-order valence-electron chi connectivity index (χ1n) is 11.9. The maximum Gasteiger partial charge on any atom is 0.255 e. The van der Waals surface area contributed by atoms with Crippen LogP contribution in [0.25, 0.3) is 10.9 Å². The number of amides is 2. The Balaban J connectivity index is 1.60. The highest BCUT2D eigenvalue weighted by Crippen LogP contribution is 2.43. The van der Waals surface area contributed by atoms with Gasteiger partial charge in [-0.3, -0.25) is 9.59 Å². The molecule has 0 unspecified atom stereocenters. The van der Waals surface area contributed by atoms with Crippen molar-refractivity contribution in [2.75, 3.05) is 32.7 Å². The van der Waals surface area contributed by atoms with E-state index < -0.39 is 0 Å². The summed E-state index contributed by atoms with van der Waals surface area (Å²) in [5, 5.41) is 4.15. The zero-order chi connectivity index (χ0) is 23.5. The Hall–Kier alpha value is -3.12. The van der Waals surface area contributed by atoms with Crippen LogP contribution < -0.4 is 5.32 Å². The molecule has 6 nitrogen and oxygen atoms in total. The lowest BCUT2D eigenvalue weighted by Crippen LogP contribution is -2.40. The quantitative estimate of drug-likeness (QED) is 0.508. The molecule has 1 aliphatic rings. The number of aryl methyl sites for hydroxylation is 1. The highest BCUT2D eigenvalue weighted by molar-refractivity contribution is 6.02. The molecule has 0 bridgehead atoms. The van der Waals surface area contributed by atoms with Crippen LogP contribution in [-0.2, 0) is 11.8 Å². The third kappa shape index (κ3) is 4.27. The predicted octanol–water partition coefficient (Wildman–Crippen LogP) is 3.88. The van der Waals surface area contributed by atoms with Gasteiger partial charge in [-0.2, -0.15) is 0 Å². The van der Waals surface area contributed by atoms with Gasteiger partial charge in [0, 0.05) is 41.3 Å². The van der Waals surface area contributed by atoms with Crippen molar-refractivity contribution in [2.45, 2.75) is 33.2 Å². The van der Waals surface area contributed by atoms with Crippen molar-refractivity contribution in [3.8, 4) is 0 Å². The van der Waals surface area contributed by atoms with Crippen molar-refractivity contribution in [2.24, 2.45) is 7.05 Å². The molecule has 6 heteroatoms. The molecule has 2 amide bonds. The minimum absolute atomic E-state index is 0.0477. The van der Waals surface area contributed by atoms with E-state index >= 15 is 0 Å². The topological polar surface area (TPSA) is 57.6 Å². The molecule has 3 aromatic rings. The summed E-state index contributed by atoms with van der Waals surface area (Å²) >= 11 is 0. The van der Waals surface area contributed by atoms with Gasteiger partial charge in [0.15, 0.2) is 0 Å². The minimum atomic E-state index is -0.277. The fraction of sp³-hybridized carbons (Fsp3) is 0.407. The van der Waals surface area contributed by atoms with Crippen LogP contribution in [0.15, 0.2) is 48.5 Å². The van der Waals surface area contributed by atoms with Gasteiger partial charge in [-0.25, -0.2) is 0 Å². The van der Waals surface area contributed by atoms with Gasteiger partial charge in [0.2, 0.25) is 5.91 Å². The van der Waals surface area contributed by atoms with Crippen molar-refractivity contribution < 1.29 is 9.59 Å². The number of hydrogen-bond donors (Lipinski definition) is 1. The molecular weight excluding hydrogens is 412 g/mol. The first-order valence-corrected chi connectivity index (χ1v) is 11.9.